The van der Waals surface area contributed by atoms with Gasteiger partial charge in [-0.05, 0) is 32.1 Å². The van der Waals surface area contributed by atoms with Crippen molar-refractivity contribution in [2.24, 2.45) is 16.8 Å². The highest BCUT2D eigenvalue weighted by Gasteiger charge is 2.43. The highest BCUT2D eigenvalue weighted by atomic mass is 32.1. The summed E-state index contributed by atoms with van der Waals surface area (Å²) in [6, 6.07) is 0.638. The van der Waals surface area contributed by atoms with Gasteiger partial charge in [0.1, 0.15) is 5.01 Å². The third-order valence-electron chi connectivity index (χ3n) is 4.80. The van der Waals surface area contributed by atoms with Gasteiger partial charge in [-0.2, -0.15) is 0 Å². The maximum atomic E-state index is 4.70. The fourth-order valence-electron chi connectivity index (χ4n) is 3.58. The van der Waals surface area contributed by atoms with Gasteiger partial charge in [-0.3, -0.25) is 0 Å². The second-order valence-corrected chi connectivity index (χ2v) is 7.93. The smallest absolute Gasteiger partial charge is 0.191 e. The quantitative estimate of drug-likeness (QED) is 0.645. The zero-order valence-corrected chi connectivity index (χ0v) is 14.6. The lowest BCUT2D eigenvalue weighted by Crippen LogP contribution is -2.39. The second-order valence-electron chi connectivity index (χ2n) is 6.61. The molecule has 1 aromatic heterocycles. The molecule has 2 atom stereocenters. The fourth-order valence-corrected chi connectivity index (χ4v) is 4.29. The van der Waals surface area contributed by atoms with Crippen molar-refractivity contribution >= 4 is 17.3 Å². The van der Waals surface area contributed by atoms with E-state index in [-0.39, 0.29) is 0 Å². The first-order chi connectivity index (χ1) is 10.8. The molecule has 0 spiro atoms. The van der Waals surface area contributed by atoms with Crippen LogP contribution in [0.5, 0.6) is 0 Å². The number of hydrogen-bond donors (Lipinski definition) is 2. The summed E-state index contributed by atoms with van der Waals surface area (Å²) in [6.07, 6.45) is 10.4. The first-order valence-corrected chi connectivity index (χ1v) is 9.54. The van der Waals surface area contributed by atoms with Crippen LogP contribution in [0.15, 0.2) is 11.2 Å². The maximum Gasteiger partial charge on any atom is 0.191 e. The molecule has 2 aliphatic rings. The molecule has 0 radical (unpaired) electrons. The van der Waals surface area contributed by atoms with Gasteiger partial charge in [-0.1, -0.05) is 32.1 Å². The van der Waals surface area contributed by atoms with E-state index in [1.54, 1.807) is 11.3 Å². The van der Waals surface area contributed by atoms with Gasteiger partial charge >= 0.3 is 0 Å². The van der Waals surface area contributed by atoms with Crippen LogP contribution < -0.4 is 10.6 Å². The first-order valence-electron chi connectivity index (χ1n) is 8.72. The van der Waals surface area contributed by atoms with Gasteiger partial charge in [0.15, 0.2) is 5.96 Å². The highest BCUT2D eigenvalue weighted by molar-refractivity contribution is 7.11. The summed E-state index contributed by atoms with van der Waals surface area (Å²) in [4.78, 5) is 10.3. The zero-order chi connectivity index (χ0) is 15.4. The van der Waals surface area contributed by atoms with E-state index < -0.39 is 0 Å². The largest absolute Gasteiger partial charge is 0.357 e. The van der Waals surface area contributed by atoms with E-state index in [0.717, 1.165) is 29.3 Å². The summed E-state index contributed by atoms with van der Waals surface area (Å²) in [5.74, 6) is 2.79. The minimum absolute atomic E-state index is 0.638. The third kappa shape index (κ3) is 4.22. The SMILES string of the molecule is CCNC(=NCc1ncc(C)s1)NC1CC1C1CCCCC1. The fraction of sp³-hybridized carbons (Fsp3) is 0.765. The Morgan fingerprint density at radius 1 is 1.36 bits per heavy atom. The molecule has 0 aliphatic heterocycles. The molecule has 4 nitrogen and oxygen atoms in total. The van der Waals surface area contributed by atoms with Crippen molar-refractivity contribution in [3.8, 4) is 0 Å². The van der Waals surface area contributed by atoms with Gasteiger partial charge in [0.25, 0.3) is 0 Å². The number of thiazole rings is 1. The molecule has 5 heteroatoms. The molecule has 1 aromatic rings. The van der Waals surface area contributed by atoms with Gasteiger partial charge in [0.2, 0.25) is 0 Å². The molecule has 2 unspecified atom stereocenters. The van der Waals surface area contributed by atoms with Crippen LogP contribution in [-0.2, 0) is 6.54 Å². The standard InChI is InChI=1S/C17H28N4S/c1-3-18-17(20-11-16-19-10-12(2)22-16)21-15-9-14(15)13-7-5-4-6-8-13/h10,13-15H,3-9,11H2,1-2H3,(H2,18,20,21). The molecule has 0 saturated heterocycles. The lowest BCUT2D eigenvalue weighted by atomic mass is 9.85. The molecule has 0 bridgehead atoms. The number of aryl methyl sites for hydroxylation is 1. The van der Waals surface area contributed by atoms with Crippen LogP contribution >= 0.6 is 11.3 Å². The van der Waals surface area contributed by atoms with Gasteiger partial charge < -0.3 is 10.6 Å². The summed E-state index contributed by atoms with van der Waals surface area (Å²) in [5, 5.41) is 8.09. The molecular formula is C17H28N4S. The van der Waals surface area contributed by atoms with E-state index in [0.29, 0.717) is 12.6 Å². The number of nitrogens with one attached hydrogen (secondary N) is 2. The van der Waals surface area contributed by atoms with Crippen LogP contribution in [0, 0.1) is 18.8 Å². The van der Waals surface area contributed by atoms with Gasteiger partial charge in [0, 0.05) is 23.7 Å². The monoisotopic (exact) mass is 320 g/mol. The Labute approximate surface area is 137 Å². The molecule has 22 heavy (non-hydrogen) atoms. The van der Waals surface area contributed by atoms with Crippen LogP contribution in [-0.4, -0.2) is 23.5 Å². The molecule has 0 amide bonds. The average molecular weight is 321 g/mol. The normalized spacial score (nSPS) is 26.0. The Morgan fingerprint density at radius 2 is 2.18 bits per heavy atom. The third-order valence-corrected chi connectivity index (χ3v) is 5.70. The number of hydrogen-bond acceptors (Lipinski definition) is 3. The molecular weight excluding hydrogens is 292 g/mol. The Kier molecular flexibility index (Phi) is 5.34. The number of aliphatic imine (C=N–C) groups is 1. The number of aromatic nitrogens is 1. The van der Waals surface area contributed by atoms with E-state index in [9.17, 15) is 0 Å². The summed E-state index contributed by atoms with van der Waals surface area (Å²) >= 11 is 1.73. The van der Waals surface area contributed by atoms with Crippen molar-refractivity contribution in [2.45, 2.75) is 65.0 Å². The molecule has 122 valence electrons. The Balaban J connectivity index is 1.51. The zero-order valence-electron chi connectivity index (χ0n) is 13.8. The molecule has 2 N–H and O–H groups in total. The van der Waals surface area contributed by atoms with E-state index in [2.05, 4.69) is 29.5 Å². The molecule has 0 aromatic carbocycles. The van der Waals surface area contributed by atoms with E-state index >= 15 is 0 Å². The van der Waals surface area contributed by atoms with Crippen molar-refractivity contribution in [3.05, 3.63) is 16.1 Å². The molecule has 2 saturated carbocycles. The van der Waals surface area contributed by atoms with E-state index in [1.807, 2.05) is 6.20 Å². The predicted octanol–water partition coefficient (Wildman–Crippen LogP) is 3.48. The highest BCUT2D eigenvalue weighted by Crippen LogP contribution is 2.44. The minimum atomic E-state index is 0.638. The van der Waals surface area contributed by atoms with Crippen molar-refractivity contribution in [1.29, 1.82) is 0 Å². The van der Waals surface area contributed by atoms with Crippen molar-refractivity contribution < 1.29 is 0 Å². The predicted molar refractivity (Wildman–Crippen MR) is 93.3 cm³/mol. The van der Waals surface area contributed by atoms with Crippen LogP contribution in [0.4, 0.5) is 0 Å². The van der Waals surface area contributed by atoms with Crippen LogP contribution in [0.25, 0.3) is 0 Å². The average Bonchev–Trinajstić information content (AvgIpc) is 3.18. The lowest BCUT2D eigenvalue weighted by molar-refractivity contribution is 0.315. The molecule has 1 heterocycles. The number of nitrogens with zero attached hydrogens (tertiary/aromatic N) is 2. The number of rotatable bonds is 5. The summed E-state index contributed by atoms with van der Waals surface area (Å²) in [5.41, 5.74) is 0. The summed E-state index contributed by atoms with van der Waals surface area (Å²) in [6.45, 7) is 5.79. The van der Waals surface area contributed by atoms with E-state index in [1.165, 1.54) is 43.4 Å². The topological polar surface area (TPSA) is 49.3 Å². The minimum Gasteiger partial charge on any atom is -0.357 e. The van der Waals surface area contributed by atoms with Crippen molar-refractivity contribution in [3.63, 3.8) is 0 Å². The molecule has 2 aliphatic carbocycles. The molecule has 2 fully saturated rings. The first kappa shape index (κ1) is 15.8. The Bertz CT molecular complexity index is 505. The lowest BCUT2D eigenvalue weighted by Gasteiger charge is -2.22. The molecule has 3 rings (SSSR count). The van der Waals surface area contributed by atoms with Crippen LogP contribution in [0.1, 0.15) is 55.3 Å². The maximum absolute atomic E-state index is 4.70. The van der Waals surface area contributed by atoms with Gasteiger partial charge in [-0.15, -0.1) is 11.3 Å². The van der Waals surface area contributed by atoms with Gasteiger partial charge in [-0.25, -0.2) is 9.98 Å². The van der Waals surface area contributed by atoms with Crippen molar-refractivity contribution in [1.82, 2.24) is 15.6 Å². The van der Waals surface area contributed by atoms with Crippen molar-refractivity contribution in [2.75, 3.05) is 6.54 Å². The Morgan fingerprint density at radius 3 is 2.86 bits per heavy atom. The Hall–Kier alpha value is -1.10. The number of guanidine groups is 1. The summed E-state index contributed by atoms with van der Waals surface area (Å²) < 4.78 is 0. The van der Waals surface area contributed by atoms with Gasteiger partial charge in [0.05, 0.1) is 6.54 Å². The van der Waals surface area contributed by atoms with Crippen LogP contribution in [0.3, 0.4) is 0 Å². The second kappa shape index (κ2) is 7.44. The van der Waals surface area contributed by atoms with Crippen LogP contribution in [0.2, 0.25) is 0 Å². The summed E-state index contributed by atoms with van der Waals surface area (Å²) in [7, 11) is 0. The van der Waals surface area contributed by atoms with E-state index in [4.69, 9.17) is 4.99 Å².